The minimum atomic E-state index is -0.546. The van der Waals surface area contributed by atoms with Crippen LogP contribution in [-0.4, -0.2) is 31.3 Å². The van der Waals surface area contributed by atoms with E-state index in [0.29, 0.717) is 17.7 Å². The molecule has 18 heavy (non-hydrogen) atoms. The predicted molar refractivity (Wildman–Crippen MR) is 66.6 cm³/mol. The maximum Gasteiger partial charge on any atom is 0.354 e. The Morgan fingerprint density at radius 1 is 1.44 bits per heavy atom. The molecule has 1 heterocycles. The van der Waals surface area contributed by atoms with Crippen molar-refractivity contribution in [1.82, 2.24) is 4.98 Å². The Bertz CT molecular complexity index is 571. The van der Waals surface area contributed by atoms with Crippen LogP contribution < -0.4 is 5.43 Å². The van der Waals surface area contributed by atoms with Crippen molar-refractivity contribution in [2.45, 2.75) is 19.4 Å². The molecule has 96 valence electrons. The lowest BCUT2D eigenvalue weighted by molar-refractivity contribution is 0.0593. The lowest BCUT2D eigenvalue weighted by Crippen LogP contribution is -2.26. The first-order chi connectivity index (χ1) is 8.56. The molecule has 0 aromatic carbocycles. The van der Waals surface area contributed by atoms with Crippen LogP contribution in [0.1, 0.15) is 28.7 Å². The van der Waals surface area contributed by atoms with Crippen LogP contribution in [0.15, 0.2) is 16.4 Å². The van der Waals surface area contributed by atoms with Crippen LogP contribution in [0.2, 0.25) is 0 Å². The molecule has 0 spiro atoms. The van der Waals surface area contributed by atoms with Crippen molar-refractivity contribution in [1.29, 1.82) is 0 Å². The van der Waals surface area contributed by atoms with E-state index >= 15 is 0 Å². The summed E-state index contributed by atoms with van der Waals surface area (Å²) >= 11 is 0. The van der Waals surface area contributed by atoms with Crippen molar-refractivity contribution in [3.05, 3.63) is 38.8 Å². The largest absolute Gasteiger partial charge is 0.464 e. The van der Waals surface area contributed by atoms with E-state index in [1.54, 1.807) is 13.2 Å². The van der Waals surface area contributed by atoms with Gasteiger partial charge < -0.3 is 14.5 Å². The molecule has 1 N–H and O–H groups in total. The topological polar surface area (TPSA) is 68.4 Å². The van der Waals surface area contributed by atoms with Crippen LogP contribution in [0.4, 0.5) is 0 Å². The minimum Gasteiger partial charge on any atom is -0.464 e. The van der Waals surface area contributed by atoms with Gasteiger partial charge >= 0.3 is 5.97 Å². The van der Waals surface area contributed by atoms with Gasteiger partial charge in [-0.25, -0.2) is 4.79 Å². The van der Waals surface area contributed by atoms with Gasteiger partial charge in [-0.1, -0.05) is 0 Å². The van der Waals surface area contributed by atoms with E-state index in [-0.39, 0.29) is 17.2 Å². The number of pyridine rings is 1. The van der Waals surface area contributed by atoms with E-state index < -0.39 is 5.97 Å². The number of aromatic amines is 1. The van der Waals surface area contributed by atoms with Gasteiger partial charge in [-0.3, -0.25) is 4.79 Å². The van der Waals surface area contributed by atoms with Crippen LogP contribution in [0.3, 0.4) is 0 Å². The van der Waals surface area contributed by atoms with Crippen LogP contribution in [0.5, 0.6) is 0 Å². The quantitative estimate of drug-likeness (QED) is 0.798. The summed E-state index contributed by atoms with van der Waals surface area (Å²) in [4.78, 5) is 26.3. The van der Waals surface area contributed by atoms with E-state index in [9.17, 15) is 9.59 Å². The van der Waals surface area contributed by atoms with Crippen molar-refractivity contribution in [3.63, 3.8) is 0 Å². The van der Waals surface area contributed by atoms with Gasteiger partial charge in [-0.05, 0) is 18.6 Å². The minimum absolute atomic E-state index is 0.0685. The molecule has 1 aliphatic carbocycles. The third kappa shape index (κ3) is 2.09. The van der Waals surface area contributed by atoms with Gasteiger partial charge in [0.1, 0.15) is 5.69 Å². The van der Waals surface area contributed by atoms with Crippen LogP contribution in [0, 0.1) is 0 Å². The fraction of sp³-hybridized carbons (Fsp3) is 0.385. The molecule has 5 nitrogen and oxygen atoms in total. The summed E-state index contributed by atoms with van der Waals surface area (Å²) in [5.74, 6) is -0.546. The summed E-state index contributed by atoms with van der Waals surface area (Å²) in [5, 5.41) is 0. The van der Waals surface area contributed by atoms with Crippen molar-refractivity contribution < 1.29 is 14.3 Å². The van der Waals surface area contributed by atoms with E-state index in [1.165, 1.54) is 13.2 Å². The predicted octanol–water partition coefficient (Wildman–Crippen LogP) is 1.14. The third-order valence-corrected chi connectivity index (χ3v) is 3.11. The Morgan fingerprint density at radius 2 is 2.17 bits per heavy atom. The van der Waals surface area contributed by atoms with Gasteiger partial charge in [0.25, 0.3) is 0 Å². The summed E-state index contributed by atoms with van der Waals surface area (Å²) in [6, 6.07) is 1.27. The van der Waals surface area contributed by atoms with E-state index in [4.69, 9.17) is 4.74 Å². The zero-order chi connectivity index (χ0) is 13.3. The second-order valence-corrected chi connectivity index (χ2v) is 4.25. The third-order valence-electron chi connectivity index (χ3n) is 3.11. The van der Waals surface area contributed by atoms with E-state index in [0.717, 1.165) is 5.57 Å². The molecule has 0 fully saturated rings. The number of ether oxygens (including phenoxy) is 2. The number of carbonyl (C=O) groups excluding carboxylic acids is 1. The zero-order valence-electron chi connectivity index (χ0n) is 10.6. The average Bonchev–Trinajstić information content (AvgIpc) is 2.37. The van der Waals surface area contributed by atoms with E-state index in [1.807, 2.05) is 6.92 Å². The molecule has 1 unspecified atom stereocenters. The smallest absolute Gasteiger partial charge is 0.354 e. The molecule has 2 rings (SSSR count). The van der Waals surface area contributed by atoms with E-state index in [2.05, 4.69) is 9.72 Å². The second-order valence-electron chi connectivity index (χ2n) is 4.25. The monoisotopic (exact) mass is 249 g/mol. The number of methoxy groups -OCH3 is 2. The van der Waals surface area contributed by atoms with Crippen LogP contribution in [0.25, 0.3) is 6.08 Å². The maximum atomic E-state index is 11.9. The molecule has 1 aliphatic rings. The first-order valence-corrected chi connectivity index (χ1v) is 5.62. The highest BCUT2D eigenvalue weighted by Crippen LogP contribution is 2.22. The first kappa shape index (κ1) is 12.6. The molecule has 0 amide bonds. The van der Waals surface area contributed by atoms with Gasteiger partial charge in [0.2, 0.25) is 0 Å². The van der Waals surface area contributed by atoms with Crippen molar-refractivity contribution in [2.24, 2.45) is 0 Å². The normalized spacial score (nSPS) is 17.9. The fourth-order valence-electron chi connectivity index (χ4n) is 2.10. The van der Waals surface area contributed by atoms with Gasteiger partial charge in [0.15, 0.2) is 5.43 Å². The number of hydrogen-bond acceptors (Lipinski definition) is 4. The van der Waals surface area contributed by atoms with Crippen LogP contribution >= 0.6 is 0 Å². The fourth-order valence-corrected chi connectivity index (χ4v) is 2.10. The molecular weight excluding hydrogens is 234 g/mol. The Hall–Kier alpha value is -1.88. The molecule has 1 aromatic rings. The molecule has 1 atom stereocenters. The zero-order valence-corrected chi connectivity index (χ0v) is 10.6. The number of hydrogen-bond donors (Lipinski definition) is 1. The first-order valence-electron chi connectivity index (χ1n) is 5.62. The highest BCUT2D eigenvalue weighted by molar-refractivity contribution is 5.87. The molecule has 0 saturated heterocycles. The second kappa shape index (κ2) is 4.78. The molecule has 1 aromatic heterocycles. The number of fused-ring (bicyclic) bond motifs is 1. The number of nitrogens with one attached hydrogen (secondary N) is 1. The summed E-state index contributed by atoms with van der Waals surface area (Å²) in [5.41, 5.74) is 2.29. The molecule has 5 heteroatoms. The number of esters is 1. The van der Waals surface area contributed by atoms with Crippen molar-refractivity contribution in [3.8, 4) is 0 Å². The summed E-state index contributed by atoms with van der Waals surface area (Å²) < 4.78 is 9.92. The number of aromatic nitrogens is 1. The Labute approximate surface area is 104 Å². The molecule has 0 aliphatic heterocycles. The Kier molecular flexibility index (Phi) is 3.34. The van der Waals surface area contributed by atoms with Crippen molar-refractivity contribution >= 4 is 12.0 Å². The number of carbonyl (C=O) groups is 1. The highest BCUT2D eigenvalue weighted by Gasteiger charge is 2.22. The lowest BCUT2D eigenvalue weighted by Gasteiger charge is -2.22. The van der Waals surface area contributed by atoms with Gasteiger partial charge in [0.05, 0.1) is 13.2 Å². The molecular formula is C13H15NO4. The van der Waals surface area contributed by atoms with Gasteiger partial charge in [-0.2, -0.15) is 0 Å². The summed E-state index contributed by atoms with van der Waals surface area (Å²) in [7, 11) is 2.90. The Morgan fingerprint density at radius 3 is 2.78 bits per heavy atom. The maximum absolute atomic E-state index is 11.9. The van der Waals surface area contributed by atoms with Crippen LogP contribution in [-0.2, 0) is 15.9 Å². The highest BCUT2D eigenvalue weighted by atomic mass is 16.5. The molecule has 0 radical (unpaired) electrons. The summed E-state index contributed by atoms with van der Waals surface area (Å²) in [6.07, 6.45) is 2.28. The SMILES string of the molecule is COC(=O)c1cc(=O)c2c([nH]1)CC(OC)C(C)=C2. The number of rotatable bonds is 2. The lowest BCUT2D eigenvalue weighted by atomic mass is 9.94. The van der Waals surface area contributed by atoms with Gasteiger partial charge in [-0.15, -0.1) is 0 Å². The average molecular weight is 249 g/mol. The molecule has 0 saturated carbocycles. The molecule has 0 bridgehead atoms. The Balaban J connectivity index is 2.53. The standard InChI is InChI=1S/C13H15NO4/c1-7-4-8-9(6-12(7)17-2)14-10(5-11(8)15)13(16)18-3/h4-5,12H,6H2,1-3H3,(H,14,15). The van der Waals surface area contributed by atoms with Crippen molar-refractivity contribution in [2.75, 3.05) is 14.2 Å². The number of H-pyrrole nitrogens is 1. The van der Waals surface area contributed by atoms with Gasteiger partial charge in [0, 0.05) is 30.9 Å². The summed E-state index contributed by atoms with van der Waals surface area (Å²) in [6.45, 7) is 1.92.